The third kappa shape index (κ3) is 3.23. The van der Waals surface area contributed by atoms with E-state index in [4.69, 9.17) is 0 Å². The molecule has 0 aromatic rings. The summed E-state index contributed by atoms with van der Waals surface area (Å²) in [5.74, 6) is 0. The van der Waals surface area contributed by atoms with Gasteiger partial charge in [0.1, 0.15) is 0 Å². The summed E-state index contributed by atoms with van der Waals surface area (Å²) in [7, 11) is 0. The summed E-state index contributed by atoms with van der Waals surface area (Å²) in [4.78, 5) is 2.88. The second-order valence-corrected chi connectivity index (χ2v) is 7.09. The Morgan fingerprint density at radius 1 is 0.938 bits per heavy atom. The van der Waals surface area contributed by atoms with Gasteiger partial charge in [-0.25, -0.2) is 0 Å². The Balaban J connectivity index is 1.96. The molecule has 1 aliphatic carbocycles. The van der Waals surface area contributed by atoms with Crippen LogP contribution in [-0.2, 0) is 0 Å². The van der Waals surface area contributed by atoms with Crippen molar-refractivity contribution in [3.05, 3.63) is 0 Å². The number of nitrogens with zero attached hydrogens (tertiary/aromatic N) is 1. The molecule has 16 heavy (non-hydrogen) atoms. The minimum atomic E-state index is 0.499. The molecule has 0 amide bonds. The van der Waals surface area contributed by atoms with Crippen LogP contribution in [0.5, 0.6) is 0 Å². The molecule has 0 aromatic carbocycles. The second-order valence-electron chi connectivity index (χ2n) is 7.09. The Bertz CT molecular complexity index is 210. The molecule has 0 aromatic heterocycles. The Morgan fingerprint density at radius 3 is 2.19 bits per heavy atom. The van der Waals surface area contributed by atoms with Crippen molar-refractivity contribution < 1.29 is 0 Å². The molecule has 1 nitrogen and oxygen atoms in total. The van der Waals surface area contributed by atoms with E-state index in [2.05, 4.69) is 25.7 Å². The van der Waals surface area contributed by atoms with Crippen LogP contribution in [0.1, 0.15) is 72.1 Å². The highest BCUT2D eigenvalue weighted by Crippen LogP contribution is 2.34. The molecule has 1 atom stereocenters. The third-order valence-corrected chi connectivity index (χ3v) is 4.31. The van der Waals surface area contributed by atoms with Crippen LogP contribution in [-0.4, -0.2) is 23.5 Å². The van der Waals surface area contributed by atoms with Gasteiger partial charge in [0.15, 0.2) is 0 Å². The first-order valence-electron chi connectivity index (χ1n) is 7.32. The van der Waals surface area contributed by atoms with E-state index in [-0.39, 0.29) is 0 Å². The molecule has 0 radical (unpaired) electrons. The fourth-order valence-electron chi connectivity index (χ4n) is 3.67. The SMILES string of the molecule is CC(C)(C)CC1CCCCN1C1CCCC1. The lowest BCUT2D eigenvalue weighted by Gasteiger charge is -2.42. The maximum atomic E-state index is 2.88. The molecule has 0 N–H and O–H groups in total. The van der Waals surface area contributed by atoms with E-state index in [0.717, 1.165) is 12.1 Å². The molecule has 2 fully saturated rings. The van der Waals surface area contributed by atoms with E-state index in [1.165, 1.54) is 57.9 Å². The Morgan fingerprint density at radius 2 is 1.56 bits per heavy atom. The maximum Gasteiger partial charge on any atom is 0.0103 e. The zero-order valence-corrected chi connectivity index (χ0v) is 11.5. The molecule has 0 spiro atoms. The van der Waals surface area contributed by atoms with Crippen LogP contribution in [0.2, 0.25) is 0 Å². The smallest absolute Gasteiger partial charge is 0.0103 e. The molecular formula is C15H29N. The monoisotopic (exact) mass is 223 g/mol. The summed E-state index contributed by atoms with van der Waals surface area (Å²) in [5.41, 5.74) is 0.499. The second kappa shape index (κ2) is 5.08. The number of piperidine rings is 1. The summed E-state index contributed by atoms with van der Waals surface area (Å²) in [5, 5.41) is 0. The molecule has 1 saturated heterocycles. The van der Waals surface area contributed by atoms with Crippen molar-refractivity contribution in [1.29, 1.82) is 0 Å². The molecular weight excluding hydrogens is 194 g/mol. The van der Waals surface area contributed by atoms with Crippen molar-refractivity contribution in [3.8, 4) is 0 Å². The van der Waals surface area contributed by atoms with Crippen molar-refractivity contribution >= 4 is 0 Å². The number of hydrogen-bond donors (Lipinski definition) is 0. The highest BCUT2D eigenvalue weighted by Gasteiger charge is 2.32. The van der Waals surface area contributed by atoms with Gasteiger partial charge in [-0.1, -0.05) is 40.0 Å². The fraction of sp³-hybridized carbons (Fsp3) is 1.00. The van der Waals surface area contributed by atoms with E-state index in [1.54, 1.807) is 0 Å². The van der Waals surface area contributed by atoms with Crippen LogP contribution in [0.3, 0.4) is 0 Å². The van der Waals surface area contributed by atoms with Gasteiger partial charge in [-0.2, -0.15) is 0 Å². The average Bonchev–Trinajstić information content (AvgIpc) is 2.69. The normalized spacial score (nSPS) is 29.8. The molecule has 2 rings (SSSR count). The minimum Gasteiger partial charge on any atom is -0.297 e. The van der Waals surface area contributed by atoms with Gasteiger partial charge < -0.3 is 0 Å². The van der Waals surface area contributed by atoms with Crippen molar-refractivity contribution in [2.75, 3.05) is 6.54 Å². The van der Waals surface area contributed by atoms with Gasteiger partial charge >= 0.3 is 0 Å². The van der Waals surface area contributed by atoms with Gasteiger partial charge in [0.05, 0.1) is 0 Å². The van der Waals surface area contributed by atoms with Crippen LogP contribution in [0.4, 0.5) is 0 Å². The van der Waals surface area contributed by atoms with Gasteiger partial charge in [-0.05, 0) is 44.1 Å². The zero-order valence-electron chi connectivity index (χ0n) is 11.5. The van der Waals surface area contributed by atoms with Gasteiger partial charge in [-0.3, -0.25) is 4.90 Å². The van der Waals surface area contributed by atoms with Crippen molar-refractivity contribution in [3.63, 3.8) is 0 Å². The van der Waals surface area contributed by atoms with E-state index >= 15 is 0 Å². The molecule has 1 saturated carbocycles. The molecule has 2 aliphatic rings. The van der Waals surface area contributed by atoms with Crippen LogP contribution in [0, 0.1) is 5.41 Å². The van der Waals surface area contributed by atoms with Gasteiger partial charge in [0.2, 0.25) is 0 Å². The summed E-state index contributed by atoms with van der Waals surface area (Å²) < 4.78 is 0. The average molecular weight is 223 g/mol. The van der Waals surface area contributed by atoms with E-state index in [9.17, 15) is 0 Å². The highest BCUT2D eigenvalue weighted by atomic mass is 15.2. The van der Waals surface area contributed by atoms with Crippen LogP contribution >= 0.6 is 0 Å². The van der Waals surface area contributed by atoms with Crippen molar-refractivity contribution in [2.45, 2.75) is 84.2 Å². The quantitative estimate of drug-likeness (QED) is 0.677. The van der Waals surface area contributed by atoms with E-state index < -0.39 is 0 Å². The van der Waals surface area contributed by atoms with Gasteiger partial charge in [0.25, 0.3) is 0 Å². The fourth-order valence-corrected chi connectivity index (χ4v) is 3.67. The largest absolute Gasteiger partial charge is 0.297 e. The lowest BCUT2D eigenvalue weighted by molar-refractivity contribution is 0.0691. The third-order valence-electron chi connectivity index (χ3n) is 4.31. The molecule has 1 unspecified atom stereocenters. The Kier molecular flexibility index (Phi) is 3.94. The van der Waals surface area contributed by atoms with Crippen LogP contribution in [0.25, 0.3) is 0 Å². The van der Waals surface area contributed by atoms with Crippen LogP contribution < -0.4 is 0 Å². The lowest BCUT2D eigenvalue weighted by atomic mass is 9.83. The Labute approximate surface area is 102 Å². The number of rotatable bonds is 2. The highest BCUT2D eigenvalue weighted by molar-refractivity contribution is 4.87. The molecule has 94 valence electrons. The molecule has 1 heteroatoms. The standard InChI is InChI=1S/C15H29N/c1-15(2,3)12-14-10-6-7-11-16(14)13-8-4-5-9-13/h13-14H,4-12H2,1-3H3. The summed E-state index contributed by atoms with van der Waals surface area (Å²) >= 11 is 0. The molecule has 1 aliphatic heterocycles. The number of hydrogen-bond acceptors (Lipinski definition) is 1. The lowest BCUT2D eigenvalue weighted by Crippen LogP contribution is -2.46. The zero-order chi connectivity index (χ0) is 11.6. The Hall–Kier alpha value is -0.0400. The predicted molar refractivity (Wildman–Crippen MR) is 70.7 cm³/mol. The van der Waals surface area contributed by atoms with E-state index in [1.807, 2.05) is 0 Å². The predicted octanol–water partition coefficient (Wildman–Crippen LogP) is 4.22. The first-order chi connectivity index (χ1) is 7.56. The van der Waals surface area contributed by atoms with Gasteiger partial charge in [0, 0.05) is 12.1 Å². The number of likely N-dealkylation sites (tertiary alicyclic amines) is 1. The summed E-state index contributed by atoms with van der Waals surface area (Å²) in [6, 6.07) is 1.82. The van der Waals surface area contributed by atoms with Crippen molar-refractivity contribution in [1.82, 2.24) is 4.90 Å². The van der Waals surface area contributed by atoms with E-state index in [0.29, 0.717) is 5.41 Å². The van der Waals surface area contributed by atoms with Gasteiger partial charge in [-0.15, -0.1) is 0 Å². The summed E-state index contributed by atoms with van der Waals surface area (Å²) in [6.45, 7) is 8.57. The summed E-state index contributed by atoms with van der Waals surface area (Å²) in [6.07, 6.45) is 11.6. The topological polar surface area (TPSA) is 3.24 Å². The molecule has 1 heterocycles. The minimum absolute atomic E-state index is 0.499. The van der Waals surface area contributed by atoms with Crippen LogP contribution in [0.15, 0.2) is 0 Å². The first-order valence-corrected chi connectivity index (χ1v) is 7.32. The first kappa shape index (κ1) is 12.4. The van der Waals surface area contributed by atoms with Crippen molar-refractivity contribution in [2.24, 2.45) is 5.41 Å². The maximum absolute atomic E-state index is 2.88. The molecule has 0 bridgehead atoms.